The van der Waals surface area contributed by atoms with Gasteiger partial charge in [-0.2, -0.15) is 0 Å². The van der Waals surface area contributed by atoms with Crippen LogP contribution in [0.5, 0.6) is 5.75 Å². The van der Waals surface area contributed by atoms with Crippen molar-refractivity contribution in [2.24, 2.45) is 0 Å². The predicted molar refractivity (Wildman–Crippen MR) is 92.7 cm³/mol. The van der Waals surface area contributed by atoms with Gasteiger partial charge in [-0.1, -0.05) is 30.2 Å². The molecule has 0 spiro atoms. The first-order valence-corrected chi connectivity index (χ1v) is 7.53. The highest BCUT2D eigenvalue weighted by Gasteiger charge is 2.14. The number of fused-ring (bicyclic) bond motifs is 1. The Hall–Kier alpha value is -3.26. The third-order valence-corrected chi connectivity index (χ3v) is 3.74. The van der Waals surface area contributed by atoms with E-state index in [1.54, 1.807) is 25.3 Å². The van der Waals surface area contributed by atoms with E-state index in [4.69, 9.17) is 11.2 Å². The van der Waals surface area contributed by atoms with Crippen molar-refractivity contribution >= 4 is 16.9 Å². The normalized spacial score (nSPS) is 10.3. The fourth-order valence-corrected chi connectivity index (χ4v) is 2.61. The first-order chi connectivity index (χ1) is 11.7. The highest BCUT2D eigenvalue weighted by atomic mass is 16.5. The quantitative estimate of drug-likeness (QED) is 0.736. The molecule has 2 aromatic carbocycles. The molecule has 0 fully saturated rings. The van der Waals surface area contributed by atoms with E-state index < -0.39 is 0 Å². The van der Waals surface area contributed by atoms with Gasteiger partial charge < -0.3 is 14.6 Å². The van der Waals surface area contributed by atoms with E-state index in [2.05, 4.69) is 16.2 Å². The number of rotatable bonds is 5. The standard InChI is InChI=1S/C19H17N3O2/c1-3-12-22-16-10-6-5-9-15(16)21-18(22)13-20-19(23)14-8-4-7-11-17(14)24-2/h1,4-11H,12-13H2,2H3,(H,20,23). The molecular weight excluding hydrogens is 302 g/mol. The molecule has 0 aliphatic carbocycles. The number of nitrogens with one attached hydrogen (secondary N) is 1. The van der Waals surface area contributed by atoms with E-state index in [1.807, 2.05) is 34.9 Å². The third kappa shape index (κ3) is 2.95. The van der Waals surface area contributed by atoms with Crippen LogP contribution in [-0.4, -0.2) is 22.6 Å². The van der Waals surface area contributed by atoms with Crippen molar-refractivity contribution in [2.45, 2.75) is 13.1 Å². The van der Waals surface area contributed by atoms with Crippen molar-refractivity contribution in [2.75, 3.05) is 7.11 Å². The average molecular weight is 319 g/mol. The summed E-state index contributed by atoms with van der Waals surface area (Å²) in [4.78, 5) is 17.0. The number of benzene rings is 2. The van der Waals surface area contributed by atoms with Crippen molar-refractivity contribution in [1.82, 2.24) is 14.9 Å². The zero-order valence-corrected chi connectivity index (χ0v) is 13.3. The Morgan fingerprint density at radius 2 is 2.00 bits per heavy atom. The first-order valence-electron chi connectivity index (χ1n) is 7.53. The number of terminal acetylenes is 1. The highest BCUT2D eigenvalue weighted by molar-refractivity contribution is 5.96. The van der Waals surface area contributed by atoms with Crippen LogP contribution < -0.4 is 10.1 Å². The lowest BCUT2D eigenvalue weighted by Gasteiger charge is -2.10. The molecule has 24 heavy (non-hydrogen) atoms. The van der Waals surface area contributed by atoms with Crippen LogP contribution in [0.25, 0.3) is 11.0 Å². The molecule has 0 saturated heterocycles. The molecule has 120 valence electrons. The number of methoxy groups -OCH3 is 1. The van der Waals surface area contributed by atoms with E-state index in [0.29, 0.717) is 17.9 Å². The molecule has 0 radical (unpaired) electrons. The topological polar surface area (TPSA) is 56.2 Å². The monoisotopic (exact) mass is 319 g/mol. The number of ether oxygens (including phenoxy) is 1. The summed E-state index contributed by atoms with van der Waals surface area (Å²) in [5, 5.41) is 2.88. The molecule has 1 N–H and O–H groups in total. The molecule has 1 amide bonds. The number of hydrogen-bond donors (Lipinski definition) is 1. The molecule has 0 bridgehead atoms. The van der Waals surface area contributed by atoms with Crippen molar-refractivity contribution in [3.8, 4) is 18.1 Å². The fraction of sp³-hybridized carbons (Fsp3) is 0.158. The lowest BCUT2D eigenvalue weighted by atomic mass is 10.2. The predicted octanol–water partition coefficient (Wildman–Crippen LogP) is 2.61. The summed E-state index contributed by atoms with van der Waals surface area (Å²) in [5.74, 6) is 3.67. The van der Waals surface area contributed by atoms with E-state index in [1.165, 1.54) is 0 Å². The van der Waals surface area contributed by atoms with Crippen LogP contribution in [0.15, 0.2) is 48.5 Å². The number of amides is 1. The molecule has 5 nitrogen and oxygen atoms in total. The van der Waals surface area contributed by atoms with Gasteiger partial charge in [0, 0.05) is 0 Å². The SMILES string of the molecule is C#CCn1c(CNC(=O)c2ccccc2OC)nc2ccccc21. The molecule has 1 heterocycles. The van der Waals surface area contributed by atoms with Crippen LogP contribution in [-0.2, 0) is 13.1 Å². The Kier molecular flexibility index (Phi) is 4.48. The summed E-state index contributed by atoms with van der Waals surface area (Å²) in [6.45, 7) is 0.688. The van der Waals surface area contributed by atoms with E-state index in [9.17, 15) is 4.79 Å². The maximum Gasteiger partial charge on any atom is 0.255 e. The van der Waals surface area contributed by atoms with Crippen LogP contribution in [0, 0.1) is 12.3 Å². The Balaban J connectivity index is 1.84. The van der Waals surface area contributed by atoms with Crippen molar-refractivity contribution in [1.29, 1.82) is 0 Å². The molecule has 5 heteroatoms. The van der Waals surface area contributed by atoms with E-state index >= 15 is 0 Å². The number of nitrogens with zero attached hydrogens (tertiary/aromatic N) is 2. The number of carbonyl (C=O) groups excluding carboxylic acids is 1. The average Bonchev–Trinajstić information content (AvgIpc) is 2.98. The Bertz CT molecular complexity index is 922. The molecular formula is C19H17N3O2. The van der Waals surface area contributed by atoms with Gasteiger partial charge in [-0.05, 0) is 24.3 Å². The zero-order valence-electron chi connectivity index (χ0n) is 13.3. The van der Waals surface area contributed by atoms with Gasteiger partial charge in [0.05, 0.1) is 36.8 Å². The smallest absolute Gasteiger partial charge is 0.255 e. The number of hydrogen-bond acceptors (Lipinski definition) is 3. The van der Waals surface area contributed by atoms with Crippen LogP contribution in [0.4, 0.5) is 0 Å². The van der Waals surface area contributed by atoms with Crippen LogP contribution in [0.3, 0.4) is 0 Å². The molecule has 1 aromatic heterocycles. The lowest BCUT2D eigenvalue weighted by Crippen LogP contribution is -2.25. The molecule has 0 aliphatic rings. The van der Waals surface area contributed by atoms with Gasteiger partial charge in [-0.15, -0.1) is 6.42 Å². The number of imidazole rings is 1. The second kappa shape index (κ2) is 6.88. The summed E-state index contributed by atoms with van der Waals surface area (Å²) in [5.41, 5.74) is 2.30. The Labute approximate surface area is 140 Å². The molecule has 0 atom stereocenters. The summed E-state index contributed by atoms with van der Waals surface area (Å²) < 4.78 is 7.15. The van der Waals surface area contributed by atoms with E-state index in [-0.39, 0.29) is 12.5 Å². The molecule has 0 aliphatic heterocycles. The van der Waals surface area contributed by atoms with Crippen LogP contribution >= 0.6 is 0 Å². The van der Waals surface area contributed by atoms with Gasteiger partial charge in [0.15, 0.2) is 0 Å². The molecule has 0 saturated carbocycles. The summed E-state index contributed by atoms with van der Waals surface area (Å²) in [6.07, 6.45) is 5.46. The largest absolute Gasteiger partial charge is 0.496 e. The maximum atomic E-state index is 12.4. The van der Waals surface area contributed by atoms with Gasteiger partial charge in [0.1, 0.15) is 11.6 Å². The number of para-hydroxylation sites is 3. The van der Waals surface area contributed by atoms with Crippen LogP contribution in [0.2, 0.25) is 0 Å². The van der Waals surface area contributed by atoms with Gasteiger partial charge in [0.25, 0.3) is 5.91 Å². The number of aromatic nitrogens is 2. The minimum absolute atomic E-state index is 0.216. The van der Waals surface area contributed by atoms with Crippen molar-refractivity contribution in [3.63, 3.8) is 0 Å². The molecule has 3 rings (SSSR count). The van der Waals surface area contributed by atoms with Crippen LogP contribution in [0.1, 0.15) is 16.2 Å². The van der Waals surface area contributed by atoms with Gasteiger partial charge in [-0.3, -0.25) is 4.79 Å². The third-order valence-electron chi connectivity index (χ3n) is 3.74. The van der Waals surface area contributed by atoms with Gasteiger partial charge in [0.2, 0.25) is 0 Å². The summed E-state index contributed by atoms with van der Waals surface area (Å²) in [7, 11) is 1.54. The first kappa shape index (κ1) is 15.6. The Morgan fingerprint density at radius 3 is 2.79 bits per heavy atom. The Morgan fingerprint density at radius 1 is 1.25 bits per heavy atom. The van der Waals surface area contributed by atoms with E-state index in [0.717, 1.165) is 16.9 Å². The lowest BCUT2D eigenvalue weighted by molar-refractivity contribution is 0.0946. The maximum absolute atomic E-state index is 12.4. The minimum atomic E-state index is -0.216. The summed E-state index contributed by atoms with van der Waals surface area (Å²) in [6, 6.07) is 14.8. The van der Waals surface area contributed by atoms with Gasteiger partial charge in [-0.25, -0.2) is 4.98 Å². The van der Waals surface area contributed by atoms with Crippen molar-refractivity contribution < 1.29 is 9.53 Å². The second-order valence-electron chi connectivity index (χ2n) is 5.19. The molecule has 3 aromatic rings. The van der Waals surface area contributed by atoms with Crippen molar-refractivity contribution in [3.05, 3.63) is 59.9 Å². The second-order valence-corrected chi connectivity index (χ2v) is 5.19. The minimum Gasteiger partial charge on any atom is -0.496 e. The van der Waals surface area contributed by atoms with Gasteiger partial charge >= 0.3 is 0 Å². The summed E-state index contributed by atoms with van der Waals surface area (Å²) >= 11 is 0. The highest BCUT2D eigenvalue weighted by Crippen LogP contribution is 2.18. The number of carbonyl (C=O) groups is 1. The molecule has 0 unspecified atom stereocenters. The zero-order chi connectivity index (χ0) is 16.9. The fourth-order valence-electron chi connectivity index (χ4n) is 2.61.